The van der Waals surface area contributed by atoms with Crippen molar-refractivity contribution in [1.29, 1.82) is 0 Å². The van der Waals surface area contributed by atoms with Gasteiger partial charge in [-0.15, -0.1) is 45.3 Å². The third-order valence-electron chi connectivity index (χ3n) is 6.09. The second kappa shape index (κ2) is 9.76. The third kappa shape index (κ3) is 4.16. The molecule has 0 N–H and O–H groups in total. The van der Waals surface area contributed by atoms with E-state index in [1.54, 1.807) is 0 Å². The number of benzene rings is 2. The predicted octanol–water partition coefficient (Wildman–Crippen LogP) is 13.0. The zero-order valence-electron chi connectivity index (χ0n) is 18.9. The highest BCUT2D eigenvalue weighted by atomic mass is 35.5. The molecular weight excluding hydrogens is 606 g/mol. The number of halogens is 4. The number of hydrogen-bond acceptors (Lipinski definition) is 4. The van der Waals surface area contributed by atoms with Gasteiger partial charge in [-0.3, -0.25) is 0 Å². The van der Waals surface area contributed by atoms with E-state index in [4.69, 9.17) is 46.4 Å². The second-order valence-electron chi connectivity index (χ2n) is 8.30. The van der Waals surface area contributed by atoms with Crippen LogP contribution < -0.4 is 0 Å². The second-order valence-corrected chi connectivity index (χ2v) is 14.1. The molecule has 8 heteroatoms. The quantitative estimate of drug-likeness (QED) is 0.184. The fraction of sp³-hybridized carbons (Fsp3) is 0.0714. The van der Waals surface area contributed by atoms with Crippen molar-refractivity contribution in [2.75, 3.05) is 0 Å². The van der Waals surface area contributed by atoms with Crippen molar-refractivity contribution in [2.45, 2.75) is 13.8 Å². The maximum absolute atomic E-state index is 6.36. The molecule has 180 valence electrons. The molecule has 0 amide bonds. The Labute approximate surface area is 244 Å². The van der Waals surface area contributed by atoms with Gasteiger partial charge < -0.3 is 0 Å². The van der Waals surface area contributed by atoms with E-state index in [0.717, 1.165) is 11.1 Å². The van der Waals surface area contributed by atoms with Gasteiger partial charge in [0.15, 0.2) is 0 Å². The van der Waals surface area contributed by atoms with Crippen molar-refractivity contribution in [2.24, 2.45) is 0 Å². The fourth-order valence-corrected chi connectivity index (χ4v) is 11.0. The van der Waals surface area contributed by atoms with E-state index in [0.29, 0.717) is 20.1 Å². The molecule has 0 aliphatic heterocycles. The minimum Gasteiger partial charge on any atom is -0.133 e. The average Bonchev–Trinajstić information content (AvgIpc) is 3.54. The maximum Gasteiger partial charge on any atom is 0.0651 e. The first-order chi connectivity index (χ1) is 17.3. The Morgan fingerprint density at radius 2 is 0.806 bits per heavy atom. The van der Waals surface area contributed by atoms with Gasteiger partial charge in [-0.05, 0) is 61.4 Å². The zero-order chi connectivity index (χ0) is 25.1. The fourth-order valence-electron chi connectivity index (χ4n) is 4.15. The molecule has 0 nitrogen and oxygen atoms in total. The number of aryl methyl sites for hydroxylation is 2. The number of thiophene rings is 4. The van der Waals surface area contributed by atoms with E-state index in [2.05, 4.69) is 26.0 Å². The molecule has 0 aliphatic rings. The summed E-state index contributed by atoms with van der Waals surface area (Å²) < 4.78 is 8.22. The highest BCUT2D eigenvalue weighted by molar-refractivity contribution is 7.44. The van der Waals surface area contributed by atoms with Crippen molar-refractivity contribution < 1.29 is 0 Å². The molecule has 4 aromatic heterocycles. The highest BCUT2D eigenvalue weighted by Crippen LogP contribution is 2.52. The van der Waals surface area contributed by atoms with Crippen molar-refractivity contribution >= 4 is 144 Å². The van der Waals surface area contributed by atoms with Gasteiger partial charge in [0.1, 0.15) is 0 Å². The van der Waals surface area contributed by atoms with E-state index in [9.17, 15) is 0 Å². The average molecular weight is 623 g/mol. The molecule has 0 bridgehead atoms. The van der Waals surface area contributed by atoms with Crippen LogP contribution in [0.25, 0.3) is 52.5 Å². The molecule has 6 rings (SSSR count). The van der Waals surface area contributed by atoms with Crippen LogP contribution in [0.3, 0.4) is 0 Å². The molecule has 0 unspecified atom stereocenters. The van der Waals surface area contributed by atoms with Gasteiger partial charge in [0.25, 0.3) is 0 Å². The first-order valence-corrected chi connectivity index (χ1v) is 15.7. The molecule has 0 saturated carbocycles. The van der Waals surface area contributed by atoms with E-state index >= 15 is 0 Å². The minimum absolute atomic E-state index is 0.660. The summed E-state index contributed by atoms with van der Waals surface area (Å²) >= 11 is 32.9. The lowest BCUT2D eigenvalue weighted by atomic mass is 10.2. The topological polar surface area (TPSA) is 0 Å². The summed E-state index contributed by atoms with van der Waals surface area (Å²) in [5.74, 6) is 0. The Balaban J connectivity index is 1.41. The SMILES string of the molecule is Cc1c(/C=C/c2c(Cl)cccc2Cl)sc2c1sc1c3sc(/C=C/c4c(Cl)cccc4Cl)c(C)c3sc21. The molecule has 0 fully saturated rings. The molecule has 4 heterocycles. The van der Waals surface area contributed by atoms with Crippen LogP contribution in [-0.4, -0.2) is 0 Å². The van der Waals surface area contributed by atoms with E-state index < -0.39 is 0 Å². The molecule has 6 aromatic rings. The zero-order valence-corrected chi connectivity index (χ0v) is 25.2. The summed E-state index contributed by atoms with van der Waals surface area (Å²) in [6, 6.07) is 11.2. The van der Waals surface area contributed by atoms with E-state index in [1.807, 2.05) is 93.9 Å². The summed E-state index contributed by atoms with van der Waals surface area (Å²) in [5.41, 5.74) is 4.32. The predicted molar refractivity (Wildman–Crippen MR) is 171 cm³/mol. The normalized spacial score (nSPS) is 12.5. The number of rotatable bonds is 4. The molecule has 0 aliphatic carbocycles. The molecule has 2 aromatic carbocycles. The van der Waals surface area contributed by atoms with Crippen LogP contribution >= 0.6 is 91.8 Å². The summed E-state index contributed by atoms with van der Waals surface area (Å²) in [7, 11) is 0. The van der Waals surface area contributed by atoms with Crippen LogP contribution in [0.1, 0.15) is 32.0 Å². The molecule has 0 radical (unpaired) electrons. The van der Waals surface area contributed by atoms with Gasteiger partial charge in [0, 0.05) is 41.0 Å². The first kappa shape index (κ1) is 25.0. The molecular formula is C28H16Cl4S4. The lowest BCUT2D eigenvalue weighted by molar-refractivity contribution is 1.60. The Bertz CT molecular complexity index is 1680. The highest BCUT2D eigenvalue weighted by Gasteiger charge is 2.20. The Morgan fingerprint density at radius 1 is 0.472 bits per heavy atom. The lowest BCUT2D eigenvalue weighted by Crippen LogP contribution is -1.77. The van der Waals surface area contributed by atoms with Gasteiger partial charge in [0.05, 0.1) is 28.2 Å². The minimum atomic E-state index is 0.660. The number of fused-ring (bicyclic) bond motifs is 5. The lowest BCUT2D eigenvalue weighted by Gasteiger charge is -2.00. The first-order valence-electron chi connectivity index (χ1n) is 10.9. The van der Waals surface area contributed by atoms with Crippen LogP contribution in [0, 0.1) is 13.8 Å². The van der Waals surface area contributed by atoms with Crippen molar-refractivity contribution in [3.05, 3.63) is 88.5 Å². The van der Waals surface area contributed by atoms with Crippen molar-refractivity contribution in [3.8, 4) is 0 Å². The van der Waals surface area contributed by atoms with E-state index in [-0.39, 0.29) is 0 Å². The summed E-state index contributed by atoms with van der Waals surface area (Å²) in [6.45, 7) is 4.40. The van der Waals surface area contributed by atoms with Gasteiger partial charge >= 0.3 is 0 Å². The van der Waals surface area contributed by atoms with Crippen LogP contribution in [0.15, 0.2) is 36.4 Å². The van der Waals surface area contributed by atoms with Gasteiger partial charge in [-0.25, -0.2) is 0 Å². The maximum atomic E-state index is 6.36. The Morgan fingerprint density at radius 3 is 1.17 bits per heavy atom. The van der Waals surface area contributed by atoms with Crippen LogP contribution in [0.4, 0.5) is 0 Å². The largest absolute Gasteiger partial charge is 0.133 e. The van der Waals surface area contributed by atoms with Gasteiger partial charge in [0.2, 0.25) is 0 Å². The standard InChI is InChI=1S/C28H16Cl4S4/c1-13-21(11-9-15-17(29)5-3-6-18(15)30)33-25-23(13)35-28-26-24(36-27(25)28)14(2)22(34-26)12-10-16-19(31)7-4-8-20(16)32/h3-12H,1-2H3/b11-9+,12-10+. The monoisotopic (exact) mass is 620 g/mol. The third-order valence-corrected chi connectivity index (χ3v) is 13.3. The van der Waals surface area contributed by atoms with Crippen LogP contribution in [0.5, 0.6) is 0 Å². The summed E-state index contributed by atoms with van der Waals surface area (Å²) in [4.78, 5) is 2.48. The van der Waals surface area contributed by atoms with Gasteiger partial charge in [-0.2, -0.15) is 0 Å². The van der Waals surface area contributed by atoms with E-state index in [1.165, 1.54) is 49.1 Å². The molecule has 0 atom stereocenters. The van der Waals surface area contributed by atoms with Crippen LogP contribution in [-0.2, 0) is 0 Å². The van der Waals surface area contributed by atoms with Crippen molar-refractivity contribution in [1.82, 2.24) is 0 Å². The van der Waals surface area contributed by atoms with Crippen LogP contribution in [0.2, 0.25) is 20.1 Å². The molecule has 0 spiro atoms. The Kier molecular flexibility index (Phi) is 6.77. The van der Waals surface area contributed by atoms with Gasteiger partial charge in [-0.1, -0.05) is 70.7 Å². The summed E-state index contributed by atoms with van der Waals surface area (Å²) in [6.07, 6.45) is 8.31. The van der Waals surface area contributed by atoms with Crippen molar-refractivity contribution in [3.63, 3.8) is 0 Å². The Hall–Kier alpha value is -1.34. The smallest absolute Gasteiger partial charge is 0.0651 e. The number of hydrogen-bond donors (Lipinski definition) is 0. The molecule has 0 saturated heterocycles. The molecule has 36 heavy (non-hydrogen) atoms. The summed E-state index contributed by atoms with van der Waals surface area (Å²) in [5, 5.41) is 2.64.